The fourth-order valence-corrected chi connectivity index (χ4v) is 2.47. The van der Waals surface area contributed by atoms with E-state index in [1.165, 1.54) is 15.6 Å². The maximum Gasteiger partial charge on any atom is 0.274 e. The average Bonchev–Trinajstić information content (AvgIpc) is 3.06. The highest BCUT2D eigenvalue weighted by Gasteiger charge is 2.13. The maximum atomic E-state index is 12.5. The number of amides is 1. The summed E-state index contributed by atoms with van der Waals surface area (Å²) in [5, 5.41) is 15.9. The van der Waals surface area contributed by atoms with E-state index in [9.17, 15) is 9.59 Å². The van der Waals surface area contributed by atoms with Gasteiger partial charge in [0.05, 0.1) is 37.0 Å². The van der Waals surface area contributed by atoms with Gasteiger partial charge in [-0.15, -0.1) is 5.10 Å². The van der Waals surface area contributed by atoms with E-state index in [1.807, 2.05) is 12.1 Å². The molecule has 130 valence electrons. The second-order valence-electron chi connectivity index (χ2n) is 5.47. The van der Waals surface area contributed by atoms with Gasteiger partial charge in [-0.1, -0.05) is 23.4 Å². The summed E-state index contributed by atoms with van der Waals surface area (Å²) in [6.45, 7) is 0.880. The van der Waals surface area contributed by atoms with Crippen molar-refractivity contribution in [2.45, 2.75) is 13.1 Å². The fraction of sp³-hybridized carbons (Fsp3) is 0.312. The Kier molecular flexibility index (Phi) is 4.85. The third-order valence-electron chi connectivity index (χ3n) is 3.70. The Labute approximate surface area is 143 Å². The van der Waals surface area contributed by atoms with Crippen LogP contribution in [0.15, 0.2) is 35.3 Å². The first kappa shape index (κ1) is 16.8. The van der Waals surface area contributed by atoms with Crippen molar-refractivity contribution in [1.29, 1.82) is 0 Å². The molecule has 25 heavy (non-hydrogen) atoms. The van der Waals surface area contributed by atoms with Gasteiger partial charge in [0.1, 0.15) is 0 Å². The number of carbonyl (C=O) groups is 1. The van der Waals surface area contributed by atoms with Crippen LogP contribution in [-0.2, 0) is 24.9 Å². The van der Waals surface area contributed by atoms with Crippen molar-refractivity contribution >= 4 is 16.7 Å². The minimum absolute atomic E-state index is 0.170. The zero-order valence-corrected chi connectivity index (χ0v) is 14.0. The smallest absolute Gasteiger partial charge is 0.274 e. The van der Waals surface area contributed by atoms with Crippen molar-refractivity contribution in [3.8, 4) is 0 Å². The van der Waals surface area contributed by atoms with Gasteiger partial charge in [0, 0.05) is 19.5 Å². The van der Waals surface area contributed by atoms with Crippen LogP contribution in [-0.4, -0.2) is 44.4 Å². The van der Waals surface area contributed by atoms with Crippen LogP contribution in [0.25, 0.3) is 10.8 Å². The number of methoxy groups -OCH3 is 1. The molecule has 0 unspecified atom stereocenters. The molecule has 2 aromatic heterocycles. The normalized spacial score (nSPS) is 11.0. The molecule has 0 aliphatic carbocycles. The number of fused-ring (bicyclic) bond motifs is 1. The number of nitrogens with zero attached hydrogens (tertiary/aromatic N) is 5. The zero-order valence-electron chi connectivity index (χ0n) is 14.0. The van der Waals surface area contributed by atoms with E-state index in [0.29, 0.717) is 29.6 Å². The van der Waals surface area contributed by atoms with Crippen LogP contribution in [0.1, 0.15) is 16.2 Å². The number of carbonyl (C=O) groups excluding carboxylic acids is 1. The molecule has 1 aromatic carbocycles. The standard InChI is InChI=1S/C16H18N6O3/c1-21-10-14(18-20-21)15(23)17-9-13-11-5-3-4-6-12(11)16(24)22(19-13)7-8-25-2/h3-6,10H,7-9H2,1-2H3,(H,17,23). The molecule has 3 aromatic rings. The summed E-state index contributed by atoms with van der Waals surface area (Å²) in [5.74, 6) is -0.353. The highest BCUT2D eigenvalue weighted by Crippen LogP contribution is 2.13. The van der Waals surface area contributed by atoms with Crippen LogP contribution in [0, 0.1) is 0 Å². The van der Waals surface area contributed by atoms with Crippen molar-refractivity contribution in [3.05, 3.63) is 52.2 Å². The molecule has 0 radical (unpaired) electrons. The van der Waals surface area contributed by atoms with Crippen molar-refractivity contribution in [2.24, 2.45) is 7.05 Å². The summed E-state index contributed by atoms with van der Waals surface area (Å²) in [4.78, 5) is 24.6. The van der Waals surface area contributed by atoms with E-state index in [1.54, 1.807) is 26.3 Å². The average molecular weight is 342 g/mol. The van der Waals surface area contributed by atoms with Gasteiger partial charge in [0.25, 0.3) is 11.5 Å². The Bertz CT molecular complexity index is 962. The lowest BCUT2D eigenvalue weighted by atomic mass is 10.1. The van der Waals surface area contributed by atoms with E-state index < -0.39 is 0 Å². The van der Waals surface area contributed by atoms with Gasteiger partial charge in [0.15, 0.2) is 5.69 Å². The fourth-order valence-electron chi connectivity index (χ4n) is 2.47. The van der Waals surface area contributed by atoms with Crippen molar-refractivity contribution in [1.82, 2.24) is 30.1 Å². The molecule has 0 atom stereocenters. The Hall–Kier alpha value is -3.07. The van der Waals surface area contributed by atoms with E-state index in [2.05, 4.69) is 20.7 Å². The highest BCUT2D eigenvalue weighted by atomic mass is 16.5. The Balaban J connectivity index is 1.90. The van der Waals surface area contributed by atoms with E-state index in [0.717, 1.165) is 0 Å². The Morgan fingerprint density at radius 2 is 2.04 bits per heavy atom. The van der Waals surface area contributed by atoms with Gasteiger partial charge < -0.3 is 10.1 Å². The van der Waals surface area contributed by atoms with E-state index in [-0.39, 0.29) is 23.7 Å². The van der Waals surface area contributed by atoms with Crippen LogP contribution in [0.3, 0.4) is 0 Å². The SMILES string of the molecule is COCCn1nc(CNC(=O)c2cn(C)nn2)c2ccccc2c1=O. The summed E-state index contributed by atoms with van der Waals surface area (Å²) in [7, 11) is 3.25. The minimum Gasteiger partial charge on any atom is -0.383 e. The summed E-state index contributed by atoms with van der Waals surface area (Å²) in [5.41, 5.74) is 0.639. The molecule has 0 aliphatic heterocycles. The van der Waals surface area contributed by atoms with Crippen molar-refractivity contribution < 1.29 is 9.53 Å². The molecule has 1 N–H and O–H groups in total. The predicted octanol–water partition coefficient (Wildman–Crippen LogP) is 0.101. The molecule has 1 amide bonds. The highest BCUT2D eigenvalue weighted by molar-refractivity contribution is 5.92. The molecular weight excluding hydrogens is 324 g/mol. The first-order valence-electron chi connectivity index (χ1n) is 7.72. The van der Waals surface area contributed by atoms with E-state index >= 15 is 0 Å². The number of nitrogens with one attached hydrogen (secondary N) is 1. The minimum atomic E-state index is -0.353. The molecule has 0 saturated carbocycles. The molecule has 0 bridgehead atoms. The molecule has 2 heterocycles. The van der Waals surface area contributed by atoms with Crippen LogP contribution in [0.5, 0.6) is 0 Å². The number of aromatic nitrogens is 5. The summed E-state index contributed by atoms with van der Waals surface area (Å²) < 4.78 is 7.83. The summed E-state index contributed by atoms with van der Waals surface area (Å²) in [6, 6.07) is 7.19. The lowest BCUT2D eigenvalue weighted by Crippen LogP contribution is -2.29. The first-order valence-corrected chi connectivity index (χ1v) is 7.72. The lowest BCUT2D eigenvalue weighted by Gasteiger charge is -2.11. The monoisotopic (exact) mass is 342 g/mol. The number of ether oxygens (including phenoxy) is 1. The number of benzene rings is 1. The molecule has 0 fully saturated rings. The van der Waals surface area contributed by atoms with Gasteiger partial charge in [-0.25, -0.2) is 4.68 Å². The Morgan fingerprint density at radius 3 is 2.72 bits per heavy atom. The molecule has 0 saturated heterocycles. The van der Waals surface area contributed by atoms with Gasteiger partial charge in [-0.05, 0) is 6.07 Å². The van der Waals surface area contributed by atoms with Crippen LogP contribution in [0.4, 0.5) is 0 Å². The van der Waals surface area contributed by atoms with Crippen LogP contribution < -0.4 is 10.9 Å². The van der Waals surface area contributed by atoms with E-state index in [4.69, 9.17) is 4.74 Å². The maximum absolute atomic E-state index is 12.5. The van der Waals surface area contributed by atoms with Gasteiger partial charge >= 0.3 is 0 Å². The number of hydrogen-bond donors (Lipinski definition) is 1. The lowest BCUT2D eigenvalue weighted by molar-refractivity contribution is 0.0945. The van der Waals surface area contributed by atoms with Crippen LogP contribution in [0.2, 0.25) is 0 Å². The zero-order chi connectivity index (χ0) is 17.8. The van der Waals surface area contributed by atoms with Crippen molar-refractivity contribution in [2.75, 3.05) is 13.7 Å². The number of rotatable bonds is 6. The van der Waals surface area contributed by atoms with Gasteiger partial charge in [-0.2, -0.15) is 5.10 Å². The summed E-state index contributed by atoms with van der Waals surface area (Å²) >= 11 is 0. The number of aryl methyl sites for hydroxylation is 1. The molecule has 9 nitrogen and oxygen atoms in total. The first-order chi connectivity index (χ1) is 12.1. The number of hydrogen-bond acceptors (Lipinski definition) is 6. The summed E-state index contributed by atoms with van der Waals surface area (Å²) in [6.07, 6.45) is 1.53. The second-order valence-corrected chi connectivity index (χ2v) is 5.47. The topological polar surface area (TPSA) is 104 Å². The van der Waals surface area contributed by atoms with Gasteiger partial charge in [-0.3, -0.25) is 14.3 Å². The second kappa shape index (κ2) is 7.22. The third-order valence-corrected chi connectivity index (χ3v) is 3.70. The molecule has 0 aliphatic rings. The van der Waals surface area contributed by atoms with Crippen molar-refractivity contribution in [3.63, 3.8) is 0 Å². The molecule has 3 rings (SSSR count). The molecule has 0 spiro atoms. The Morgan fingerprint density at radius 1 is 1.28 bits per heavy atom. The predicted molar refractivity (Wildman–Crippen MR) is 90.1 cm³/mol. The molecule has 9 heteroatoms. The van der Waals surface area contributed by atoms with Crippen LogP contribution >= 0.6 is 0 Å². The largest absolute Gasteiger partial charge is 0.383 e. The quantitative estimate of drug-likeness (QED) is 0.681. The molecular formula is C16H18N6O3. The van der Waals surface area contributed by atoms with Gasteiger partial charge in [0.2, 0.25) is 0 Å². The third kappa shape index (κ3) is 3.56.